The lowest BCUT2D eigenvalue weighted by atomic mass is 10.5. The highest BCUT2D eigenvalue weighted by Crippen LogP contribution is 2.06. The first kappa shape index (κ1) is 10.1. The van der Waals surface area contributed by atoms with Gasteiger partial charge in [0, 0.05) is 13.5 Å². The van der Waals surface area contributed by atoms with Gasteiger partial charge in [-0.05, 0) is 25.3 Å². The van der Waals surface area contributed by atoms with E-state index in [-0.39, 0.29) is 0 Å². The average Bonchev–Trinajstić information content (AvgIpc) is 1.87. The SMILES string of the molecule is CCC(=S)O[Si](C)(C)OC. The first-order valence-corrected chi connectivity index (χ1v) is 6.51. The van der Waals surface area contributed by atoms with Crippen LogP contribution in [0.15, 0.2) is 0 Å². The Bertz CT molecular complexity index is 125. The number of thiocarbonyl (C=S) groups is 1. The monoisotopic (exact) mass is 178 g/mol. The van der Waals surface area contributed by atoms with Crippen LogP contribution in [0.4, 0.5) is 0 Å². The van der Waals surface area contributed by atoms with E-state index in [4.69, 9.17) is 21.1 Å². The fourth-order valence-electron chi connectivity index (χ4n) is 0.388. The number of hydrogen-bond acceptors (Lipinski definition) is 3. The molecular weight excluding hydrogens is 164 g/mol. The molecule has 0 saturated heterocycles. The Morgan fingerprint density at radius 1 is 1.50 bits per heavy atom. The van der Waals surface area contributed by atoms with E-state index >= 15 is 0 Å². The number of rotatable bonds is 3. The smallest absolute Gasteiger partial charge is 0.392 e. The maximum absolute atomic E-state index is 5.38. The topological polar surface area (TPSA) is 18.5 Å². The zero-order valence-corrected chi connectivity index (χ0v) is 8.75. The van der Waals surface area contributed by atoms with E-state index < -0.39 is 8.56 Å². The van der Waals surface area contributed by atoms with Gasteiger partial charge in [0.2, 0.25) is 0 Å². The predicted molar refractivity (Wildman–Crippen MR) is 48.5 cm³/mol. The highest BCUT2D eigenvalue weighted by atomic mass is 32.1. The van der Waals surface area contributed by atoms with Gasteiger partial charge in [-0.3, -0.25) is 0 Å². The minimum Gasteiger partial charge on any atom is -0.515 e. The Kier molecular flexibility index (Phi) is 4.08. The molecule has 0 heterocycles. The highest BCUT2D eigenvalue weighted by Gasteiger charge is 2.24. The van der Waals surface area contributed by atoms with Gasteiger partial charge in [-0.2, -0.15) is 0 Å². The largest absolute Gasteiger partial charge is 0.515 e. The summed E-state index contributed by atoms with van der Waals surface area (Å²) in [6.07, 6.45) is 0.787. The molecule has 4 heteroatoms. The minimum absolute atomic E-state index is 0.651. The zero-order chi connectivity index (χ0) is 8.20. The molecule has 0 aromatic rings. The van der Waals surface area contributed by atoms with Crippen LogP contribution in [0, 0.1) is 0 Å². The quantitative estimate of drug-likeness (QED) is 0.487. The van der Waals surface area contributed by atoms with Gasteiger partial charge in [-0.15, -0.1) is 0 Å². The van der Waals surface area contributed by atoms with Crippen molar-refractivity contribution in [1.82, 2.24) is 0 Å². The van der Waals surface area contributed by atoms with Crippen molar-refractivity contribution in [2.24, 2.45) is 0 Å². The molecule has 10 heavy (non-hydrogen) atoms. The summed E-state index contributed by atoms with van der Waals surface area (Å²) in [6, 6.07) is 0. The van der Waals surface area contributed by atoms with E-state index in [0.717, 1.165) is 6.42 Å². The Hall–Kier alpha value is 0.0669. The van der Waals surface area contributed by atoms with Crippen LogP contribution >= 0.6 is 12.2 Å². The molecular formula is C6H14O2SSi. The summed E-state index contributed by atoms with van der Waals surface area (Å²) in [7, 11) is -0.245. The van der Waals surface area contributed by atoms with Crippen LogP contribution in [-0.2, 0) is 8.85 Å². The third-order valence-corrected chi connectivity index (χ3v) is 3.38. The molecule has 0 saturated carbocycles. The van der Waals surface area contributed by atoms with E-state index in [0.29, 0.717) is 5.05 Å². The van der Waals surface area contributed by atoms with Crippen molar-refractivity contribution < 1.29 is 8.85 Å². The van der Waals surface area contributed by atoms with Crippen molar-refractivity contribution in [1.29, 1.82) is 0 Å². The molecule has 0 rings (SSSR count). The second kappa shape index (κ2) is 4.05. The second-order valence-corrected chi connectivity index (χ2v) is 6.30. The molecule has 0 aromatic heterocycles. The van der Waals surface area contributed by atoms with Crippen LogP contribution < -0.4 is 0 Å². The van der Waals surface area contributed by atoms with Crippen molar-refractivity contribution in [3.05, 3.63) is 0 Å². The fourth-order valence-corrected chi connectivity index (χ4v) is 1.77. The van der Waals surface area contributed by atoms with Crippen LogP contribution in [-0.4, -0.2) is 20.7 Å². The maximum Gasteiger partial charge on any atom is 0.392 e. The molecule has 2 nitrogen and oxygen atoms in total. The predicted octanol–water partition coefficient (Wildman–Crippen LogP) is 2.09. The van der Waals surface area contributed by atoms with Gasteiger partial charge in [0.1, 0.15) is 5.05 Å². The molecule has 0 amide bonds. The van der Waals surface area contributed by atoms with Gasteiger partial charge < -0.3 is 8.85 Å². The van der Waals surface area contributed by atoms with Gasteiger partial charge in [0.05, 0.1) is 0 Å². The van der Waals surface area contributed by atoms with Gasteiger partial charge in [-0.1, -0.05) is 6.92 Å². The molecule has 0 aromatic carbocycles. The third-order valence-electron chi connectivity index (χ3n) is 1.14. The Morgan fingerprint density at radius 2 is 2.00 bits per heavy atom. The minimum atomic E-state index is -1.90. The Morgan fingerprint density at radius 3 is 2.30 bits per heavy atom. The molecule has 0 atom stereocenters. The Balaban J connectivity index is 3.76. The summed E-state index contributed by atoms with van der Waals surface area (Å²) < 4.78 is 10.5. The summed E-state index contributed by atoms with van der Waals surface area (Å²) in [6.45, 7) is 5.91. The van der Waals surface area contributed by atoms with E-state index in [1.54, 1.807) is 7.11 Å². The summed E-state index contributed by atoms with van der Waals surface area (Å²) in [5.41, 5.74) is 0. The molecule has 0 fully saturated rings. The summed E-state index contributed by atoms with van der Waals surface area (Å²) in [4.78, 5) is 0. The summed E-state index contributed by atoms with van der Waals surface area (Å²) >= 11 is 4.90. The van der Waals surface area contributed by atoms with Crippen LogP contribution in [0.2, 0.25) is 13.1 Å². The second-order valence-electron chi connectivity index (χ2n) is 2.43. The molecule has 0 aliphatic carbocycles. The zero-order valence-electron chi connectivity index (χ0n) is 6.93. The lowest BCUT2D eigenvalue weighted by Gasteiger charge is -2.20. The van der Waals surface area contributed by atoms with Crippen LogP contribution in [0.3, 0.4) is 0 Å². The first-order valence-electron chi connectivity index (χ1n) is 3.29. The summed E-state index contributed by atoms with van der Waals surface area (Å²) in [5, 5.41) is 0.651. The molecule has 0 aliphatic rings. The standard InChI is InChI=1S/C6H14O2SSi/c1-5-6(9)8-10(3,4)7-2/h5H2,1-4H3. The lowest BCUT2D eigenvalue weighted by Crippen LogP contribution is -2.35. The van der Waals surface area contributed by atoms with Crippen LogP contribution in [0.1, 0.15) is 13.3 Å². The van der Waals surface area contributed by atoms with Crippen molar-refractivity contribution in [3.63, 3.8) is 0 Å². The first-order chi connectivity index (χ1) is 4.52. The van der Waals surface area contributed by atoms with Crippen molar-refractivity contribution >= 4 is 25.8 Å². The van der Waals surface area contributed by atoms with Crippen molar-refractivity contribution in [2.45, 2.75) is 26.4 Å². The van der Waals surface area contributed by atoms with E-state index in [2.05, 4.69) is 0 Å². The van der Waals surface area contributed by atoms with Crippen molar-refractivity contribution in [3.8, 4) is 0 Å². The van der Waals surface area contributed by atoms with E-state index in [1.165, 1.54) is 0 Å². The fraction of sp³-hybridized carbons (Fsp3) is 0.833. The van der Waals surface area contributed by atoms with Gasteiger partial charge in [-0.25, -0.2) is 0 Å². The van der Waals surface area contributed by atoms with E-state index in [1.807, 2.05) is 20.0 Å². The Labute approximate surface area is 68.8 Å². The molecule has 60 valence electrons. The van der Waals surface area contributed by atoms with Crippen LogP contribution in [0.5, 0.6) is 0 Å². The van der Waals surface area contributed by atoms with Gasteiger partial charge in [0.25, 0.3) is 0 Å². The molecule has 0 radical (unpaired) electrons. The molecule has 0 N–H and O–H groups in total. The van der Waals surface area contributed by atoms with Gasteiger partial charge in [0.15, 0.2) is 0 Å². The highest BCUT2D eigenvalue weighted by molar-refractivity contribution is 7.80. The third kappa shape index (κ3) is 3.98. The summed E-state index contributed by atoms with van der Waals surface area (Å²) in [5.74, 6) is 0. The van der Waals surface area contributed by atoms with E-state index in [9.17, 15) is 0 Å². The normalized spacial score (nSPS) is 11.2. The average molecular weight is 178 g/mol. The number of hydrogen-bond donors (Lipinski definition) is 0. The molecule has 0 spiro atoms. The maximum atomic E-state index is 5.38. The molecule has 0 bridgehead atoms. The molecule has 0 unspecified atom stereocenters. The lowest BCUT2D eigenvalue weighted by molar-refractivity contribution is 0.309. The van der Waals surface area contributed by atoms with Gasteiger partial charge >= 0.3 is 8.56 Å². The van der Waals surface area contributed by atoms with Crippen LogP contribution in [0.25, 0.3) is 0 Å². The van der Waals surface area contributed by atoms with Crippen molar-refractivity contribution in [2.75, 3.05) is 7.11 Å². The molecule has 0 aliphatic heterocycles.